The Morgan fingerprint density at radius 2 is 2.15 bits per heavy atom. The van der Waals surface area contributed by atoms with Crippen molar-refractivity contribution in [3.8, 4) is 5.69 Å². The molecular formula is C21H24N2O2S2. The first-order chi connectivity index (χ1) is 13.0. The average Bonchev–Trinajstić information content (AvgIpc) is 3.01. The van der Waals surface area contributed by atoms with Gasteiger partial charge in [0.05, 0.1) is 23.8 Å². The number of fused-ring (bicyclic) bond motifs is 3. The zero-order chi connectivity index (χ0) is 19.1. The summed E-state index contributed by atoms with van der Waals surface area (Å²) < 4.78 is 7.82. The van der Waals surface area contributed by atoms with Gasteiger partial charge < -0.3 is 4.74 Å². The summed E-state index contributed by atoms with van der Waals surface area (Å²) in [6.07, 6.45) is 0.948. The number of para-hydroxylation sites is 1. The van der Waals surface area contributed by atoms with Crippen molar-refractivity contribution < 1.29 is 4.74 Å². The second-order valence-electron chi connectivity index (χ2n) is 7.24. The molecule has 1 aromatic carbocycles. The van der Waals surface area contributed by atoms with Gasteiger partial charge >= 0.3 is 0 Å². The minimum atomic E-state index is 0.0483. The Hall–Kier alpha value is -1.63. The summed E-state index contributed by atoms with van der Waals surface area (Å²) in [5.74, 6) is 1.29. The molecule has 0 spiro atoms. The van der Waals surface area contributed by atoms with Gasteiger partial charge in [-0.15, -0.1) is 11.3 Å². The van der Waals surface area contributed by atoms with Crippen LogP contribution in [-0.2, 0) is 17.8 Å². The number of rotatable bonds is 4. The first-order valence-electron chi connectivity index (χ1n) is 9.39. The van der Waals surface area contributed by atoms with Crippen LogP contribution in [0.2, 0.25) is 0 Å². The monoisotopic (exact) mass is 400 g/mol. The van der Waals surface area contributed by atoms with Gasteiger partial charge in [0, 0.05) is 11.3 Å². The van der Waals surface area contributed by atoms with Crippen LogP contribution in [-0.4, -0.2) is 21.4 Å². The van der Waals surface area contributed by atoms with E-state index in [9.17, 15) is 4.79 Å². The maximum absolute atomic E-state index is 13.7. The van der Waals surface area contributed by atoms with Crippen LogP contribution in [0.3, 0.4) is 0 Å². The van der Waals surface area contributed by atoms with Crippen molar-refractivity contribution in [2.75, 3.05) is 5.75 Å². The second kappa shape index (κ2) is 7.41. The average molecular weight is 401 g/mol. The van der Waals surface area contributed by atoms with Crippen molar-refractivity contribution in [3.63, 3.8) is 0 Å². The first-order valence-corrected chi connectivity index (χ1v) is 11.2. The topological polar surface area (TPSA) is 44.1 Å². The van der Waals surface area contributed by atoms with Crippen LogP contribution in [0.4, 0.5) is 0 Å². The van der Waals surface area contributed by atoms with Gasteiger partial charge in [-0.25, -0.2) is 4.98 Å². The van der Waals surface area contributed by atoms with E-state index in [4.69, 9.17) is 9.72 Å². The summed E-state index contributed by atoms with van der Waals surface area (Å²) in [5.41, 5.74) is 3.19. The van der Waals surface area contributed by atoms with Crippen molar-refractivity contribution in [1.82, 2.24) is 9.55 Å². The molecule has 1 aliphatic heterocycles. The van der Waals surface area contributed by atoms with E-state index in [1.165, 1.54) is 0 Å². The van der Waals surface area contributed by atoms with Gasteiger partial charge in [-0.1, -0.05) is 50.7 Å². The summed E-state index contributed by atoms with van der Waals surface area (Å²) in [6, 6.07) is 8.02. The Morgan fingerprint density at radius 3 is 2.85 bits per heavy atom. The van der Waals surface area contributed by atoms with Crippen LogP contribution >= 0.6 is 23.1 Å². The van der Waals surface area contributed by atoms with E-state index in [1.54, 1.807) is 27.7 Å². The van der Waals surface area contributed by atoms with E-state index < -0.39 is 0 Å². The lowest BCUT2D eigenvalue weighted by Crippen LogP contribution is -2.28. The van der Waals surface area contributed by atoms with Crippen molar-refractivity contribution in [2.45, 2.75) is 52.0 Å². The SMILES string of the molecule is CCSc1nc2sc3c(c2c(=O)n1-c1ccccc1C)C[C@H](C(C)C)OC3. The van der Waals surface area contributed by atoms with Crippen LogP contribution in [0.1, 0.15) is 36.8 Å². The number of benzene rings is 1. The molecule has 3 aromatic rings. The highest BCUT2D eigenvalue weighted by atomic mass is 32.2. The summed E-state index contributed by atoms with van der Waals surface area (Å²) in [4.78, 5) is 20.6. The predicted molar refractivity (Wildman–Crippen MR) is 113 cm³/mol. The van der Waals surface area contributed by atoms with Gasteiger partial charge in [-0.05, 0) is 35.8 Å². The molecule has 0 bridgehead atoms. The van der Waals surface area contributed by atoms with Gasteiger partial charge in [0.2, 0.25) is 0 Å². The Kier molecular flexibility index (Phi) is 5.14. The third-order valence-electron chi connectivity index (χ3n) is 5.08. The van der Waals surface area contributed by atoms with E-state index in [0.717, 1.165) is 49.2 Å². The summed E-state index contributed by atoms with van der Waals surface area (Å²) in [6.45, 7) is 9.05. The second-order valence-corrected chi connectivity index (χ2v) is 9.55. The molecule has 0 saturated carbocycles. The minimum absolute atomic E-state index is 0.0483. The highest BCUT2D eigenvalue weighted by Crippen LogP contribution is 2.36. The zero-order valence-corrected chi connectivity index (χ0v) is 17.7. The van der Waals surface area contributed by atoms with Gasteiger partial charge in [0.25, 0.3) is 5.56 Å². The molecule has 0 unspecified atom stereocenters. The highest BCUT2D eigenvalue weighted by Gasteiger charge is 2.28. The lowest BCUT2D eigenvalue weighted by Gasteiger charge is -2.26. The van der Waals surface area contributed by atoms with Crippen LogP contribution in [0.5, 0.6) is 0 Å². The summed E-state index contributed by atoms with van der Waals surface area (Å²) in [5, 5.41) is 1.55. The fourth-order valence-corrected chi connectivity index (χ4v) is 5.48. The first kappa shape index (κ1) is 18.7. The Labute approximate surface area is 167 Å². The van der Waals surface area contributed by atoms with E-state index in [1.807, 2.05) is 31.2 Å². The molecule has 0 aliphatic carbocycles. The summed E-state index contributed by atoms with van der Waals surface area (Å²) in [7, 11) is 0. The molecule has 1 aliphatic rings. The van der Waals surface area contributed by atoms with Crippen LogP contribution in [0, 0.1) is 12.8 Å². The number of aromatic nitrogens is 2. The largest absolute Gasteiger partial charge is 0.372 e. The number of hydrogen-bond donors (Lipinski definition) is 0. The number of thiophene rings is 1. The van der Waals surface area contributed by atoms with Gasteiger partial charge in [0.1, 0.15) is 4.83 Å². The maximum Gasteiger partial charge on any atom is 0.267 e. The summed E-state index contributed by atoms with van der Waals surface area (Å²) >= 11 is 3.23. The van der Waals surface area contributed by atoms with Crippen LogP contribution in [0.15, 0.2) is 34.2 Å². The zero-order valence-electron chi connectivity index (χ0n) is 16.1. The predicted octanol–water partition coefficient (Wildman–Crippen LogP) is 4.96. The molecule has 3 heterocycles. The van der Waals surface area contributed by atoms with Crippen molar-refractivity contribution in [1.29, 1.82) is 0 Å². The standard InChI is InChI=1S/C21H24N2O2S2/c1-5-26-21-22-19-18(14-10-16(12(2)3)25-11-17(14)27-19)20(24)23(21)15-9-7-6-8-13(15)4/h6-9,12,16H,5,10-11H2,1-4H3/t16-/m1/s1. The Balaban J connectivity index is 1.99. The van der Waals surface area contributed by atoms with Crippen LogP contribution in [0.25, 0.3) is 15.9 Å². The van der Waals surface area contributed by atoms with Crippen molar-refractivity contribution in [2.24, 2.45) is 5.92 Å². The molecule has 0 saturated heterocycles. The molecule has 0 amide bonds. The lowest BCUT2D eigenvalue weighted by atomic mass is 9.96. The highest BCUT2D eigenvalue weighted by molar-refractivity contribution is 7.99. The Morgan fingerprint density at radius 1 is 1.37 bits per heavy atom. The lowest BCUT2D eigenvalue weighted by molar-refractivity contribution is 0.00200. The molecule has 142 valence electrons. The molecule has 6 heteroatoms. The quantitative estimate of drug-likeness (QED) is 0.458. The minimum Gasteiger partial charge on any atom is -0.372 e. The van der Waals surface area contributed by atoms with Crippen molar-refractivity contribution >= 4 is 33.3 Å². The molecular weight excluding hydrogens is 376 g/mol. The number of hydrogen-bond acceptors (Lipinski definition) is 5. The normalized spacial score (nSPS) is 16.9. The third-order valence-corrected chi connectivity index (χ3v) is 7.00. The molecule has 1 atom stereocenters. The molecule has 0 fully saturated rings. The number of ether oxygens (including phenoxy) is 1. The fourth-order valence-electron chi connectivity index (χ4n) is 3.59. The molecule has 4 rings (SSSR count). The van der Waals surface area contributed by atoms with Gasteiger partial charge in [-0.2, -0.15) is 0 Å². The Bertz CT molecular complexity index is 1050. The van der Waals surface area contributed by atoms with Gasteiger partial charge in [0.15, 0.2) is 5.16 Å². The number of nitrogens with zero attached hydrogens (tertiary/aromatic N) is 2. The molecule has 2 aromatic heterocycles. The molecule has 0 radical (unpaired) electrons. The van der Waals surface area contributed by atoms with E-state index in [2.05, 4.69) is 20.8 Å². The maximum atomic E-state index is 13.7. The van der Waals surface area contributed by atoms with E-state index in [-0.39, 0.29) is 11.7 Å². The number of aryl methyl sites for hydroxylation is 1. The molecule has 27 heavy (non-hydrogen) atoms. The third kappa shape index (κ3) is 3.24. The van der Waals surface area contributed by atoms with Crippen molar-refractivity contribution in [3.05, 3.63) is 50.6 Å². The number of thioether (sulfide) groups is 1. The van der Waals surface area contributed by atoms with Crippen LogP contribution < -0.4 is 5.56 Å². The molecule has 0 N–H and O–H groups in total. The smallest absolute Gasteiger partial charge is 0.267 e. The van der Waals surface area contributed by atoms with E-state index in [0.29, 0.717) is 12.5 Å². The fraction of sp³-hybridized carbons (Fsp3) is 0.429. The van der Waals surface area contributed by atoms with E-state index >= 15 is 0 Å². The molecule has 4 nitrogen and oxygen atoms in total. The van der Waals surface area contributed by atoms with Gasteiger partial charge in [-0.3, -0.25) is 9.36 Å².